The predicted octanol–water partition coefficient (Wildman–Crippen LogP) is 4.29. The lowest BCUT2D eigenvalue weighted by Crippen LogP contribution is -2.28. The van der Waals surface area contributed by atoms with Gasteiger partial charge in [0.1, 0.15) is 0 Å². The predicted molar refractivity (Wildman–Crippen MR) is 77.5 cm³/mol. The van der Waals surface area contributed by atoms with Crippen LogP contribution < -0.4 is 5.32 Å². The molecule has 19 heavy (non-hydrogen) atoms. The summed E-state index contributed by atoms with van der Waals surface area (Å²) in [5, 5.41) is 14.2. The molecular weight excluding hydrogens is 240 g/mol. The van der Waals surface area contributed by atoms with E-state index in [-0.39, 0.29) is 10.6 Å². The third kappa shape index (κ3) is 3.69. The molecule has 0 heterocycles. The van der Waals surface area contributed by atoms with E-state index in [9.17, 15) is 10.1 Å². The van der Waals surface area contributed by atoms with Gasteiger partial charge < -0.3 is 5.32 Å². The minimum atomic E-state index is -0.333. The highest BCUT2D eigenvalue weighted by Crippen LogP contribution is 2.36. The lowest BCUT2D eigenvalue weighted by atomic mass is 9.76. The van der Waals surface area contributed by atoms with E-state index in [1.165, 1.54) is 32.1 Å². The molecule has 0 unspecified atom stereocenters. The minimum absolute atomic E-state index is 0.163. The van der Waals surface area contributed by atoms with Crippen LogP contribution in [0.15, 0.2) is 18.2 Å². The summed E-state index contributed by atoms with van der Waals surface area (Å²) >= 11 is 0. The summed E-state index contributed by atoms with van der Waals surface area (Å²) in [6.45, 7) is 5.09. The van der Waals surface area contributed by atoms with Gasteiger partial charge in [0.05, 0.1) is 4.92 Å². The molecule has 104 valence electrons. The molecule has 1 aliphatic rings. The van der Waals surface area contributed by atoms with Crippen LogP contribution in [0, 0.1) is 22.5 Å². The fraction of sp³-hybridized carbons (Fsp3) is 0.600. The Hall–Kier alpha value is -1.58. The quantitative estimate of drug-likeness (QED) is 0.650. The van der Waals surface area contributed by atoms with Gasteiger partial charge in [-0.25, -0.2) is 0 Å². The highest BCUT2D eigenvalue weighted by atomic mass is 16.6. The van der Waals surface area contributed by atoms with Crippen molar-refractivity contribution in [3.8, 4) is 0 Å². The molecule has 0 spiro atoms. The van der Waals surface area contributed by atoms with Gasteiger partial charge in [-0.2, -0.15) is 0 Å². The van der Waals surface area contributed by atoms with E-state index < -0.39 is 0 Å². The van der Waals surface area contributed by atoms with Gasteiger partial charge in [-0.1, -0.05) is 26.2 Å². The molecule has 1 fully saturated rings. The van der Waals surface area contributed by atoms with E-state index in [0.29, 0.717) is 5.41 Å². The zero-order valence-electron chi connectivity index (χ0n) is 11.7. The molecule has 0 amide bonds. The Bertz CT molecular complexity index is 465. The normalized spacial score (nSPS) is 18.0. The molecule has 0 aliphatic heterocycles. The van der Waals surface area contributed by atoms with Gasteiger partial charge in [-0.15, -0.1) is 0 Å². The maximum atomic E-state index is 10.9. The highest BCUT2D eigenvalue weighted by Gasteiger charge is 2.26. The molecule has 0 bridgehead atoms. The number of rotatable bonds is 4. The van der Waals surface area contributed by atoms with Crippen LogP contribution in [0.1, 0.15) is 44.6 Å². The second-order valence-corrected chi connectivity index (χ2v) is 6.04. The SMILES string of the molecule is Cc1cc(NCC2(C)CCCCC2)cc([N+](=O)[O-])c1. The fourth-order valence-corrected chi connectivity index (χ4v) is 2.87. The zero-order chi connectivity index (χ0) is 13.9. The Morgan fingerprint density at radius 3 is 2.58 bits per heavy atom. The lowest BCUT2D eigenvalue weighted by molar-refractivity contribution is -0.384. The van der Waals surface area contributed by atoms with Gasteiger partial charge in [0.25, 0.3) is 5.69 Å². The van der Waals surface area contributed by atoms with Crippen LogP contribution in [0.4, 0.5) is 11.4 Å². The van der Waals surface area contributed by atoms with Crippen LogP contribution in [0.25, 0.3) is 0 Å². The number of hydrogen-bond acceptors (Lipinski definition) is 3. The molecule has 0 saturated heterocycles. The summed E-state index contributed by atoms with van der Waals surface area (Å²) in [4.78, 5) is 10.5. The molecule has 1 aliphatic carbocycles. The topological polar surface area (TPSA) is 55.2 Å². The van der Waals surface area contributed by atoms with Crippen molar-refractivity contribution in [3.05, 3.63) is 33.9 Å². The van der Waals surface area contributed by atoms with E-state index >= 15 is 0 Å². The van der Waals surface area contributed by atoms with E-state index in [1.807, 2.05) is 13.0 Å². The Morgan fingerprint density at radius 1 is 1.26 bits per heavy atom. The third-order valence-corrected chi connectivity index (χ3v) is 4.05. The molecule has 2 rings (SSSR count). The lowest BCUT2D eigenvalue weighted by Gasteiger charge is -2.34. The second kappa shape index (κ2) is 5.59. The fourth-order valence-electron chi connectivity index (χ4n) is 2.87. The summed E-state index contributed by atoms with van der Waals surface area (Å²) in [5.41, 5.74) is 2.27. The Balaban J connectivity index is 2.04. The number of anilines is 1. The van der Waals surface area contributed by atoms with Crippen molar-refractivity contribution in [1.29, 1.82) is 0 Å². The van der Waals surface area contributed by atoms with Gasteiger partial charge in [0.15, 0.2) is 0 Å². The number of aryl methyl sites for hydroxylation is 1. The first kappa shape index (κ1) is 13.8. The van der Waals surface area contributed by atoms with Crippen LogP contribution in [-0.2, 0) is 0 Å². The van der Waals surface area contributed by atoms with Gasteiger partial charge in [0.2, 0.25) is 0 Å². The van der Waals surface area contributed by atoms with E-state index in [1.54, 1.807) is 12.1 Å². The number of non-ortho nitro benzene ring substituents is 1. The molecule has 1 aromatic rings. The highest BCUT2D eigenvalue weighted by molar-refractivity contribution is 5.53. The first-order valence-electron chi connectivity index (χ1n) is 6.99. The van der Waals surface area contributed by atoms with Crippen LogP contribution in [0.2, 0.25) is 0 Å². The van der Waals surface area contributed by atoms with Crippen molar-refractivity contribution >= 4 is 11.4 Å². The Kier molecular flexibility index (Phi) is 4.08. The molecule has 4 heteroatoms. The number of benzene rings is 1. The van der Waals surface area contributed by atoms with Gasteiger partial charge in [-0.3, -0.25) is 10.1 Å². The van der Waals surface area contributed by atoms with Crippen LogP contribution in [-0.4, -0.2) is 11.5 Å². The van der Waals surface area contributed by atoms with E-state index in [0.717, 1.165) is 17.8 Å². The summed E-state index contributed by atoms with van der Waals surface area (Å²) in [6.07, 6.45) is 6.42. The van der Waals surface area contributed by atoms with Crippen molar-refractivity contribution in [2.75, 3.05) is 11.9 Å². The molecule has 1 N–H and O–H groups in total. The molecule has 4 nitrogen and oxygen atoms in total. The Morgan fingerprint density at radius 2 is 1.95 bits per heavy atom. The van der Waals surface area contributed by atoms with Crippen LogP contribution >= 0.6 is 0 Å². The summed E-state index contributed by atoms with van der Waals surface area (Å²) in [6, 6.07) is 5.20. The van der Waals surface area contributed by atoms with Crippen molar-refractivity contribution in [1.82, 2.24) is 0 Å². The minimum Gasteiger partial charge on any atom is -0.384 e. The molecule has 1 saturated carbocycles. The average molecular weight is 262 g/mol. The molecule has 1 aromatic carbocycles. The van der Waals surface area contributed by atoms with Gasteiger partial charge >= 0.3 is 0 Å². The average Bonchev–Trinajstić information content (AvgIpc) is 2.37. The number of nitrogens with zero attached hydrogens (tertiary/aromatic N) is 1. The molecule has 0 radical (unpaired) electrons. The molecule has 0 atom stereocenters. The van der Waals surface area contributed by atoms with Crippen molar-refractivity contribution in [3.63, 3.8) is 0 Å². The van der Waals surface area contributed by atoms with Crippen molar-refractivity contribution in [2.24, 2.45) is 5.41 Å². The number of nitro benzene ring substituents is 1. The zero-order valence-corrected chi connectivity index (χ0v) is 11.7. The largest absolute Gasteiger partial charge is 0.384 e. The van der Waals surface area contributed by atoms with Gasteiger partial charge in [0, 0.05) is 24.4 Å². The van der Waals surface area contributed by atoms with Crippen LogP contribution in [0.5, 0.6) is 0 Å². The monoisotopic (exact) mass is 262 g/mol. The van der Waals surface area contributed by atoms with Gasteiger partial charge in [-0.05, 0) is 36.8 Å². The van der Waals surface area contributed by atoms with Crippen LogP contribution in [0.3, 0.4) is 0 Å². The van der Waals surface area contributed by atoms with Crippen molar-refractivity contribution < 1.29 is 4.92 Å². The smallest absolute Gasteiger partial charge is 0.271 e. The standard InChI is InChI=1S/C15H22N2O2/c1-12-8-13(10-14(9-12)17(18)19)16-11-15(2)6-4-3-5-7-15/h8-10,16H,3-7,11H2,1-2H3. The van der Waals surface area contributed by atoms with E-state index in [2.05, 4.69) is 12.2 Å². The maximum Gasteiger partial charge on any atom is 0.271 e. The first-order valence-corrected chi connectivity index (χ1v) is 6.99. The second-order valence-electron chi connectivity index (χ2n) is 6.04. The Labute approximate surface area is 114 Å². The third-order valence-electron chi connectivity index (χ3n) is 4.05. The van der Waals surface area contributed by atoms with E-state index in [4.69, 9.17) is 0 Å². The summed E-state index contributed by atoms with van der Waals surface area (Å²) in [5.74, 6) is 0. The number of nitrogens with one attached hydrogen (secondary N) is 1. The maximum absolute atomic E-state index is 10.9. The molecule has 0 aromatic heterocycles. The first-order chi connectivity index (χ1) is 8.98. The molecular formula is C15H22N2O2. The summed E-state index contributed by atoms with van der Waals surface area (Å²) < 4.78 is 0. The number of nitro groups is 1. The number of hydrogen-bond donors (Lipinski definition) is 1. The summed E-state index contributed by atoms with van der Waals surface area (Å²) in [7, 11) is 0. The van der Waals surface area contributed by atoms with Crippen molar-refractivity contribution in [2.45, 2.75) is 46.0 Å².